The van der Waals surface area contributed by atoms with Gasteiger partial charge < -0.3 is 10.1 Å². The first-order chi connectivity index (χ1) is 14.2. The molecule has 9 nitrogen and oxygen atoms in total. The second kappa shape index (κ2) is 8.98. The average Bonchev–Trinajstić information content (AvgIpc) is 3.31. The predicted octanol–water partition coefficient (Wildman–Crippen LogP) is 2.56. The Kier molecular flexibility index (Phi) is 6.40. The fourth-order valence-corrected chi connectivity index (χ4v) is 3.08. The highest BCUT2D eigenvalue weighted by atomic mass is 32.1. The molecule has 0 aliphatic rings. The summed E-state index contributed by atoms with van der Waals surface area (Å²) >= 11 is 1.13. The van der Waals surface area contributed by atoms with Gasteiger partial charge in [-0.15, -0.1) is 21.5 Å². The number of carbonyl (C=O) groups excluding carboxylic acids is 2. The quantitative estimate of drug-likeness (QED) is 0.562. The summed E-state index contributed by atoms with van der Waals surface area (Å²) < 4.78 is 43.3. The third kappa shape index (κ3) is 5.59. The van der Waals surface area contributed by atoms with Crippen LogP contribution in [0.4, 0.5) is 18.3 Å². The molecule has 0 unspecified atom stereocenters. The molecule has 0 spiro atoms. The number of nitrogens with one attached hydrogen (secondary N) is 1. The molecular formula is C17H15F3N6O3S. The van der Waals surface area contributed by atoms with E-state index in [2.05, 4.69) is 25.7 Å². The van der Waals surface area contributed by atoms with E-state index in [1.165, 1.54) is 12.1 Å². The number of carbonyl (C=O) groups is 2. The number of nitrogens with zero attached hydrogens (tertiary/aromatic N) is 5. The van der Waals surface area contributed by atoms with E-state index in [9.17, 15) is 22.8 Å². The summed E-state index contributed by atoms with van der Waals surface area (Å²) in [6, 6.07) is 4.49. The number of anilines is 1. The molecule has 0 bridgehead atoms. The van der Waals surface area contributed by atoms with E-state index >= 15 is 0 Å². The van der Waals surface area contributed by atoms with Crippen molar-refractivity contribution >= 4 is 28.3 Å². The molecule has 1 amide bonds. The van der Waals surface area contributed by atoms with E-state index < -0.39 is 23.6 Å². The van der Waals surface area contributed by atoms with Gasteiger partial charge in [0.05, 0.1) is 24.3 Å². The Hall–Kier alpha value is -3.35. The van der Waals surface area contributed by atoms with Crippen molar-refractivity contribution in [3.05, 3.63) is 40.9 Å². The summed E-state index contributed by atoms with van der Waals surface area (Å²) in [5.74, 6) is -0.977. The van der Waals surface area contributed by atoms with Crippen molar-refractivity contribution in [2.24, 2.45) is 0 Å². The molecule has 0 saturated carbocycles. The Morgan fingerprint density at radius 3 is 2.83 bits per heavy atom. The van der Waals surface area contributed by atoms with Crippen LogP contribution in [0.3, 0.4) is 0 Å². The number of thiazole rings is 1. The topological polar surface area (TPSA) is 112 Å². The molecule has 13 heteroatoms. The standard InChI is InChI=1S/C17H15F3N6O3S/c1-2-29-14(28)7-12-9-30-16(21-12)22-13(27)8-26-24-15(23-25-26)10-4-3-5-11(6-10)17(18,19)20/h3-6,9H,2,7-8H2,1H3,(H,21,22,27). The molecule has 2 aromatic heterocycles. The van der Waals surface area contributed by atoms with Gasteiger partial charge in [0.1, 0.15) is 6.54 Å². The molecule has 0 atom stereocenters. The fraction of sp³-hybridized carbons (Fsp3) is 0.294. The van der Waals surface area contributed by atoms with Crippen molar-refractivity contribution in [3.8, 4) is 11.4 Å². The Morgan fingerprint density at radius 1 is 1.30 bits per heavy atom. The number of hydrogen-bond acceptors (Lipinski definition) is 8. The van der Waals surface area contributed by atoms with E-state index in [0.29, 0.717) is 5.69 Å². The van der Waals surface area contributed by atoms with Crippen LogP contribution in [0.2, 0.25) is 0 Å². The van der Waals surface area contributed by atoms with Crippen LogP contribution in [0.1, 0.15) is 18.2 Å². The number of alkyl halides is 3. The minimum atomic E-state index is -4.49. The Morgan fingerprint density at radius 2 is 2.10 bits per heavy atom. The van der Waals surface area contributed by atoms with E-state index in [0.717, 1.165) is 28.3 Å². The summed E-state index contributed by atoms with van der Waals surface area (Å²) in [7, 11) is 0. The smallest absolute Gasteiger partial charge is 0.416 e. The summed E-state index contributed by atoms with van der Waals surface area (Å²) in [5.41, 5.74) is -0.254. The third-order valence-electron chi connectivity index (χ3n) is 3.61. The highest BCUT2D eigenvalue weighted by Gasteiger charge is 2.30. The zero-order chi connectivity index (χ0) is 21.7. The third-order valence-corrected chi connectivity index (χ3v) is 4.42. The lowest BCUT2D eigenvalue weighted by atomic mass is 10.1. The largest absolute Gasteiger partial charge is 0.466 e. The van der Waals surface area contributed by atoms with E-state index in [4.69, 9.17) is 4.74 Å². The van der Waals surface area contributed by atoms with Gasteiger partial charge in [-0.3, -0.25) is 9.59 Å². The summed E-state index contributed by atoms with van der Waals surface area (Å²) in [6.07, 6.45) is -4.50. The summed E-state index contributed by atoms with van der Waals surface area (Å²) in [5, 5.41) is 15.7. The molecule has 0 saturated heterocycles. The SMILES string of the molecule is CCOC(=O)Cc1csc(NC(=O)Cn2nnc(-c3cccc(C(F)(F)F)c3)n2)n1. The zero-order valence-corrected chi connectivity index (χ0v) is 16.3. The maximum Gasteiger partial charge on any atom is 0.416 e. The number of hydrogen-bond donors (Lipinski definition) is 1. The Balaban J connectivity index is 1.61. The van der Waals surface area contributed by atoms with Gasteiger partial charge in [0, 0.05) is 10.9 Å². The number of rotatable bonds is 7. The molecule has 0 aliphatic carbocycles. The molecule has 3 rings (SSSR count). The highest BCUT2D eigenvalue weighted by Crippen LogP contribution is 2.31. The fourth-order valence-electron chi connectivity index (χ4n) is 2.35. The van der Waals surface area contributed by atoms with Gasteiger partial charge in [0.25, 0.3) is 0 Å². The molecule has 1 aromatic carbocycles. The number of halogens is 3. The minimum Gasteiger partial charge on any atom is -0.466 e. The molecule has 2 heterocycles. The number of benzene rings is 1. The highest BCUT2D eigenvalue weighted by molar-refractivity contribution is 7.13. The van der Waals surface area contributed by atoms with Crippen LogP contribution in [0, 0.1) is 0 Å². The van der Waals surface area contributed by atoms with Crippen molar-refractivity contribution in [1.29, 1.82) is 0 Å². The molecule has 0 aliphatic heterocycles. The predicted molar refractivity (Wildman–Crippen MR) is 99.3 cm³/mol. The molecular weight excluding hydrogens is 425 g/mol. The van der Waals surface area contributed by atoms with Crippen LogP contribution in [-0.4, -0.2) is 43.7 Å². The lowest BCUT2D eigenvalue weighted by molar-refractivity contribution is -0.142. The van der Waals surface area contributed by atoms with Crippen LogP contribution in [-0.2, 0) is 33.5 Å². The Labute approximate surface area is 171 Å². The van der Waals surface area contributed by atoms with Crippen LogP contribution < -0.4 is 5.32 Å². The lowest BCUT2D eigenvalue weighted by Gasteiger charge is -2.06. The maximum atomic E-state index is 12.8. The minimum absolute atomic E-state index is 0.00874. The molecule has 0 radical (unpaired) electrons. The van der Waals surface area contributed by atoms with Gasteiger partial charge in [-0.2, -0.15) is 18.0 Å². The van der Waals surface area contributed by atoms with E-state index in [-0.39, 0.29) is 36.1 Å². The van der Waals surface area contributed by atoms with Gasteiger partial charge in [-0.1, -0.05) is 12.1 Å². The van der Waals surface area contributed by atoms with E-state index in [1.807, 2.05) is 0 Å². The molecule has 3 aromatic rings. The monoisotopic (exact) mass is 440 g/mol. The zero-order valence-electron chi connectivity index (χ0n) is 15.5. The first-order valence-electron chi connectivity index (χ1n) is 8.60. The molecule has 1 N–H and O–H groups in total. The van der Waals surface area contributed by atoms with Crippen LogP contribution in [0.25, 0.3) is 11.4 Å². The van der Waals surface area contributed by atoms with Crippen LogP contribution >= 0.6 is 11.3 Å². The number of aromatic nitrogens is 5. The first-order valence-corrected chi connectivity index (χ1v) is 9.48. The molecule has 158 valence electrons. The Bertz CT molecular complexity index is 1050. The van der Waals surface area contributed by atoms with Crippen LogP contribution in [0.15, 0.2) is 29.6 Å². The van der Waals surface area contributed by atoms with Crippen molar-refractivity contribution in [2.75, 3.05) is 11.9 Å². The number of tetrazole rings is 1. The van der Waals surface area contributed by atoms with Gasteiger partial charge in [-0.05, 0) is 24.3 Å². The number of esters is 1. The van der Waals surface area contributed by atoms with Crippen molar-refractivity contribution in [1.82, 2.24) is 25.2 Å². The van der Waals surface area contributed by atoms with Gasteiger partial charge >= 0.3 is 12.1 Å². The van der Waals surface area contributed by atoms with Crippen LogP contribution in [0.5, 0.6) is 0 Å². The molecule has 30 heavy (non-hydrogen) atoms. The number of ether oxygens (including phenoxy) is 1. The average molecular weight is 440 g/mol. The van der Waals surface area contributed by atoms with Crippen molar-refractivity contribution in [2.45, 2.75) is 26.1 Å². The van der Waals surface area contributed by atoms with E-state index in [1.54, 1.807) is 12.3 Å². The summed E-state index contributed by atoms with van der Waals surface area (Å²) in [6.45, 7) is 1.64. The van der Waals surface area contributed by atoms with Crippen molar-refractivity contribution in [3.63, 3.8) is 0 Å². The summed E-state index contributed by atoms with van der Waals surface area (Å²) in [4.78, 5) is 28.6. The molecule has 0 fully saturated rings. The van der Waals surface area contributed by atoms with Gasteiger partial charge in [0.2, 0.25) is 11.7 Å². The second-order valence-electron chi connectivity index (χ2n) is 5.90. The maximum absolute atomic E-state index is 12.8. The second-order valence-corrected chi connectivity index (χ2v) is 6.75. The number of amides is 1. The first kappa shape index (κ1) is 21.4. The van der Waals surface area contributed by atoms with Gasteiger partial charge in [-0.25, -0.2) is 4.98 Å². The normalized spacial score (nSPS) is 11.3. The lowest BCUT2D eigenvalue weighted by Crippen LogP contribution is -2.20. The van der Waals surface area contributed by atoms with Gasteiger partial charge in [0.15, 0.2) is 5.13 Å². The van der Waals surface area contributed by atoms with Crippen molar-refractivity contribution < 1.29 is 27.5 Å².